The lowest BCUT2D eigenvalue weighted by Crippen LogP contribution is -2.41. The first-order valence-electron chi connectivity index (χ1n) is 4.80. The van der Waals surface area contributed by atoms with Crippen molar-refractivity contribution in [3.05, 3.63) is 0 Å². The number of hydrogen-bond acceptors (Lipinski definition) is 3. The Morgan fingerprint density at radius 2 is 2.07 bits per heavy atom. The highest BCUT2D eigenvalue weighted by molar-refractivity contribution is 9.10. The van der Waals surface area contributed by atoms with E-state index in [1.165, 1.54) is 12.8 Å². The van der Waals surface area contributed by atoms with Gasteiger partial charge in [0.2, 0.25) is 10.0 Å². The van der Waals surface area contributed by atoms with Crippen molar-refractivity contribution in [2.24, 2.45) is 5.92 Å². The summed E-state index contributed by atoms with van der Waals surface area (Å²) in [4.78, 5) is 0. The van der Waals surface area contributed by atoms with Crippen molar-refractivity contribution in [1.29, 1.82) is 0 Å². The van der Waals surface area contributed by atoms with Crippen LogP contribution in [0, 0.1) is 5.92 Å². The molecule has 82 valence electrons. The quantitative estimate of drug-likeness (QED) is 0.778. The number of ether oxygens (including phenoxy) is 1. The maximum absolute atomic E-state index is 11.3. The van der Waals surface area contributed by atoms with Crippen LogP contribution >= 0.6 is 15.9 Å². The second-order valence-electron chi connectivity index (χ2n) is 3.91. The molecule has 0 bridgehead atoms. The molecule has 0 spiro atoms. The zero-order valence-electron chi connectivity index (χ0n) is 7.78. The molecule has 6 heteroatoms. The summed E-state index contributed by atoms with van der Waals surface area (Å²) in [5, 5.41) is 0. The molecule has 0 aromatic heterocycles. The van der Waals surface area contributed by atoms with Crippen molar-refractivity contribution in [2.75, 3.05) is 11.3 Å². The fraction of sp³-hybridized carbons (Fsp3) is 1.00. The average Bonchev–Trinajstić information content (AvgIpc) is 2.88. The van der Waals surface area contributed by atoms with E-state index in [-0.39, 0.29) is 16.8 Å². The smallest absolute Gasteiger partial charge is 0.221 e. The van der Waals surface area contributed by atoms with Gasteiger partial charge in [-0.25, -0.2) is 13.1 Å². The van der Waals surface area contributed by atoms with E-state index in [9.17, 15) is 8.42 Å². The van der Waals surface area contributed by atoms with Crippen molar-refractivity contribution in [3.63, 3.8) is 0 Å². The highest BCUT2D eigenvalue weighted by Gasteiger charge is 2.41. The van der Waals surface area contributed by atoms with Gasteiger partial charge in [-0.2, -0.15) is 0 Å². The molecule has 1 saturated heterocycles. The maximum atomic E-state index is 11.3. The molecule has 0 aromatic rings. The van der Waals surface area contributed by atoms with E-state index in [0.717, 1.165) is 6.42 Å². The molecule has 2 fully saturated rings. The van der Waals surface area contributed by atoms with E-state index >= 15 is 0 Å². The average molecular weight is 284 g/mol. The number of rotatable bonds is 4. The van der Waals surface area contributed by atoms with Crippen LogP contribution in [0.4, 0.5) is 0 Å². The summed E-state index contributed by atoms with van der Waals surface area (Å²) in [6.45, 7) is 0.677. The third-order valence-corrected chi connectivity index (χ3v) is 5.45. The Bertz CT molecular complexity index is 302. The highest BCUT2D eigenvalue weighted by atomic mass is 79.9. The van der Waals surface area contributed by atoms with E-state index in [1.54, 1.807) is 0 Å². The molecule has 14 heavy (non-hydrogen) atoms. The summed E-state index contributed by atoms with van der Waals surface area (Å²) in [7, 11) is -3.15. The molecule has 0 aromatic carbocycles. The summed E-state index contributed by atoms with van der Waals surface area (Å²) in [5.74, 6) is 0.584. The SMILES string of the molecule is O=S(=O)(CBr)NC1CCOC1C1CC1. The maximum Gasteiger partial charge on any atom is 0.221 e. The Morgan fingerprint density at radius 3 is 2.64 bits per heavy atom. The molecule has 1 N–H and O–H groups in total. The zero-order valence-corrected chi connectivity index (χ0v) is 10.2. The summed E-state index contributed by atoms with van der Waals surface area (Å²) < 4.78 is 30.8. The Labute approximate surface area is 92.6 Å². The number of sulfonamides is 1. The Kier molecular flexibility index (Phi) is 3.16. The Morgan fingerprint density at radius 1 is 1.36 bits per heavy atom. The molecule has 1 heterocycles. The molecule has 1 saturated carbocycles. The van der Waals surface area contributed by atoms with Gasteiger partial charge in [0.1, 0.15) is 4.66 Å². The molecular weight excluding hydrogens is 270 g/mol. The molecule has 1 aliphatic carbocycles. The molecule has 4 nitrogen and oxygen atoms in total. The Hall–Kier alpha value is 0.350. The van der Waals surface area contributed by atoms with Crippen molar-refractivity contribution in [2.45, 2.75) is 31.4 Å². The third-order valence-electron chi connectivity index (χ3n) is 2.70. The predicted molar refractivity (Wildman–Crippen MR) is 56.7 cm³/mol. The van der Waals surface area contributed by atoms with Gasteiger partial charge >= 0.3 is 0 Å². The van der Waals surface area contributed by atoms with Crippen LogP contribution < -0.4 is 4.72 Å². The first-order valence-corrected chi connectivity index (χ1v) is 7.57. The fourth-order valence-electron chi connectivity index (χ4n) is 1.89. The molecule has 2 rings (SSSR count). The molecule has 2 unspecified atom stereocenters. The largest absolute Gasteiger partial charge is 0.376 e. The van der Waals surface area contributed by atoms with Crippen molar-refractivity contribution >= 4 is 26.0 Å². The van der Waals surface area contributed by atoms with Gasteiger partial charge < -0.3 is 4.74 Å². The van der Waals surface area contributed by atoms with E-state index < -0.39 is 10.0 Å². The van der Waals surface area contributed by atoms with Crippen LogP contribution in [0.3, 0.4) is 0 Å². The normalized spacial score (nSPS) is 33.5. The van der Waals surface area contributed by atoms with Gasteiger partial charge in [0.15, 0.2) is 0 Å². The van der Waals surface area contributed by atoms with Crippen LogP contribution in [0.25, 0.3) is 0 Å². The highest BCUT2D eigenvalue weighted by Crippen LogP contribution is 2.38. The molecule has 0 amide bonds. The second-order valence-corrected chi connectivity index (χ2v) is 6.97. The summed E-state index contributed by atoms with van der Waals surface area (Å²) in [5.41, 5.74) is 0. The van der Waals surface area contributed by atoms with Gasteiger partial charge in [0.05, 0.1) is 12.1 Å². The van der Waals surface area contributed by atoms with Gasteiger partial charge in [0.25, 0.3) is 0 Å². The molecule has 1 aliphatic heterocycles. The standard InChI is InChI=1S/C8H14BrNO3S/c9-5-14(11,12)10-7-3-4-13-8(7)6-1-2-6/h6-8,10H,1-5H2. The summed E-state index contributed by atoms with van der Waals surface area (Å²) >= 11 is 2.96. The van der Waals surface area contributed by atoms with Crippen LogP contribution in [-0.4, -0.2) is 31.8 Å². The third kappa shape index (κ3) is 2.48. The number of halogens is 1. The van der Waals surface area contributed by atoms with Crippen LogP contribution in [0.2, 0.25) is 0 Å². The minimum Gasteiger partial charge on any atom is -0.376 e. The monoisotopic (exact) mass is 283 g/mol. The summed E-state index contributed by atoms with van der Waals surface area (Å²) in [6.07, 6.45) is 3.27. The molecule has 2 aliphatic rings. The van der Waals surface area contributed by atoms with Crippen LogP contribution in [0.15, 0.2) is 0 Å². The van der Waals surface area contributed by atoms with E-state index in [4.69, 9.17) is 4.74 Å². The zero-order chi connectivity index (χ0) is 10.2. The topological polar surface area (TPSA) is 55.4 Å². The van der Waals surface area contributed by atoms with E-state index in [2.05, 4.69) is 20.7 Å². The predicted octanol–water partition coefficient (Wildman–Crippen LogP) is 0.826. The fourth-order valence-corrected chi connectivity index (χ4v) is 3.06. The van der Waals surface area contributed by atoms with Crippen LogP contribution in [0.5, 0.6) is 0 Å². The van der Waals surface area contributed by atoms with E-state index in [1.807, 2.05) is 0 Å². The number of alkyl halides is 1. The van der Waals surface area contributed by atoms with Crippen molar-refractivity contribution < 1.29 is 13.2 Å². The number of nitrogens with one attached hydrogen (secondary N) is 1. The molecule has 2 atom stereocenters. The van der Waals surface area contributed by atoms with Gasteiger partial charge in [-0.05, 0) is 25.2 Å². The van der Waals surface area contributed by atoms with Crippen molar-refractivity contribution in [3.8, 4) is 0 Å². The Balaban J connectivity index is 1.96. The second kappa shape index (κ2) is 4.08. The van der Waals surface area contributed by atoms with Gasteiger partial charge in [-0.1, -0.05) is 15.9 Å². The summed E-state index contributed by atoms with van der Waals surface area (Å²) in [6, 6.07) is -0.00921. The molecular formula is C8H14BrNO3S. The van der Waals surface area contributed by atoms with Gasteiger partial charge in [-0.3, -0.25) is 0 Å². The van der Waals surface area contributed by atoms with Crippen LogP contribution in [0.1, 0.15) is 19.3 Å². The number of hydrogen-bond donors (Lipinski definition) is 1. The first kappa shape index (κ1) is 10.9. The first-order chi connectivity index (χ1) is 6.62. The van der Waals surface area contributed by atoms with Gasteiger partial charge in [0, 0.05) is 6.61 Å². The van der Waals surface area contributed by atoms with Crippen LogP contribution in [-0.2, 0) is 14.8 Å². The lowest BCUT2D eigenvalue weighted by atomic mass is 10.1. The van der Waals surface area contributed by atoms with Gasteiger partial charge in [-0.15, -0.1) is 0 Å². The minimum absolute atomic E-state index is 0.00921. The minimum atomic E-state index is -3.15. The lowest BCUT2D eigenvalue weighted by Gasteiger charge is -2.18. The molecule has 0 radical (unpaired) electrons. The van der Waals surface area contributed by atoms with Crippen molar-refractivity contribution in [1.82, 2.24) is 4.72 Å². The van der Waals surface area contributed by atoms with E-state index in [0.29, 0.717) is 12.5 Å². The lowest BCUT2D eigenvalue weighted by molar-refractivity contribution is 0.0848.